The maximum absolute atomic E-state index is 12.8. The maximum atomic E-state index is 12.8. The molecule has 0 spiro atoms. The SMILES string of the molecule is O=C(CSc1nncn1Cc1ccco1)N1CCOC2CCCCC21. The van der Waals surface area contributed by atoms with Crippen molar-refractivity contribution in [2.75, 3.05) is 18.9 Å². The number of aromatic nitrogens is 3. The monoisotopic (exact) mass is 362 g/mol. The normalized spacial score (nSPS) is 23.4. The van der Waals surface area contributed by atoms with Gasteiger partial charge in [-0.15, -0.1) is 10.2 Å². The van der Waals surface area contributed by atoms with Crippen LogP contribution in [0.4, 0.5) is 0 Å². The van der Waals surface area contributed by atoms with Crippen LogP contribution in [0, 0.1) is 0 Å². The number of furan rings is 1. The topological polar surface area (TPSA) is 73.4 Å². The van der Waals surface area contributed by atoms with Gasteiger partial charge in [0.1, 0.15) is 12.1 Å². The van der Waals surface area contributed by atoms with Crippen molar-refractivity contribution in [1.29, 1.82) is 0 Å². The first-order chi connectivity index (χ1) is 12.3. The molecule has 2 aromatic heterocycles. The first kappa shape index (κ1) is 16.7. The van der Waals surface area contributed by atoms with Crippen molar-refractivity contribution in [2.45, 2.75) is 49.5 Å². The van der Waals surface area contributed by atoms with Crippen molar-refractivity contribution < 1.29 is 13.9 Å². The zero-order chi connectivity index (χ0) is 17.1. The number of hydrogen-bond acceptors (Lipinski definition) is 6. The Bertz CT molecular complexity index is 701. The molecule has 2 atom stereocenters. The third-order valence-electron chi connectivity index (χ3n) is 4.86. The fraction of sp³-hybridized carbons (Fsp3) is 0.588. The Hall–Kier alpha value is -1.80. The van der Waals surface area contributed by atoms with Crippen LogP contribution in [0.15, 0.2) is 34.3 Å². The standard InChI is InChI=1S/C17H22N4O3S/c22-16(21-7-9-24-15-6-2-1-5-14(15)21)11-25-17-19-18-12-20(17)10-13-4-3-8-23-13/h3-4,8,12,14-15H,1-2,5-7,9-11H2. The molecule has 1 amide bonds. The predicted octanol–water partition coefficient (Wildman–Crippen LogP) is 2.18. The van der Waals surface area contributed by atoms with Crippen LogP contribution >= 0.6 is 11.8 Å². The van der Waals surface area contributed by atoms with Crippen LogP contribution in [0.3, 0.4) is 0 Å². The molecule has 1 aliphatic carbocycles. The number of rotatable bonds is 5. The van der Waals surface area contributed by atoms with Crippen LogP contribution in [0.2, 0.25) is 0 Å². The first-order valence-corrected chi connectivity index (χ1v) is 9.74. The third-order valence-corrected chi connectivity index (χ3v) is 5.83. The Morgan fingerprint density at radius 3 is 3.16 bits per heavy atom. The van der Waals surface area contributed by atoms with E-state index in [4.69, 9.17) is 9.15 Å². The highest BCUT2D eigenvalue weighted by Gasteiger charge is 2.36. The highest BCUT2D eigenvalue weighted by molar-refractivity contribution is 7.99. The largest absolute Gasteiger partial charge is 0.467 e. The van der Waals surface area contributed by atoms with E-state index in [0.717, 1.165) is 23.8 Å². The van der Waals surface area contributed by atoms with Gasteiger partial charge in [-0.1, -0.05) is 24.6 Å². The Morgan fingerprint density at radius 2 is 2.28 bits per heavy atom. The van der Waals surface area contributed by atoms with Gasteiger partial charge in [-0.25, -0.2) is 0 Å². The molecule has 4 rings (SSSR count). The molecular weight excluding hydrogens is 340 g/mol. The second kappa shape index (κ2) is 7.61. The smallest absolute Gasteiger partial charge is 0.233 e. The maximum Gasteiger partial charge on any atom is 0.233 e. The van der Waals surface area contributed by atoms with Gasteiger partial charge >= 0.3 is 0 Å². The van der Waals surface area contributed by atoms with E-state index >= 15 is 0 Å². The molecule has 2 unspecified atom stereocenters. The van der Waals surface area contributed by atoms with E-state index in [-0.39, 0.29) is 18.1 Å². The number of carbonyl (C=O) groups is 1. The Labute approximate surface area is 150 Å². The molecule has 2 fully saturated rings. The van der Waals surface area contributed by atoms with Crippen LogP contribution in [0.5, 0.6) is 0 Å². The van der Waals surface area contributed by atoms with Crippen molar-refractivity contribution in [3.8, 4) is 0 Å². The molecule has 0 bridgehead atoms. The lowest BCUT2D eigenvalue weighted by Gasteiger charge is -2.43. The Balaban J connectivity index is 1.36. The summed E-state index contributed by atoms with van der Waals surface area (Å²) in [4.78, 5) is 14.8. The molecule has 2 aromatic rings. The average Bonchev–Trinajstić information content (AvgIpc) is 3.31. The number of ether oxygens (including phenoxy) is 1. The van der Waals surface area contributed by atoms with Crippen molar-refractivity contribution in [3.05, 3.63) is 30.5 Å². The molecular formula is C17H22N4O3S. The molecule has 7 nitrogen and oxygen atoms in total. The van der Waals surface area contributed by atoms with Gasteiger partial charge in [0.15, 0.2) is 5.16 Å². The summed E-state index contributed by atoms with van der Waals surface area (Å²) in [5.41, 5.74) is 0. The van der Waals surface area contributed by atoms with Gasteiger partial charge in [0.2, 0.25) is 5.91 Å². The molecule has 3 heterocycles. The van der Waals surface area contributed by atoms with E-state index in [1.165, 1.54) is 24.6 Å². The Morgan fingerprint density at radius 1 is 1.36 bits per heavy atom. The van der Waals surface area contributed by atoms with Crippen LogP contribution in [0.1, 0.15) is 31.4 Å². The van der Waals surface area contributed by atoms with Crippen LogP contribution in [-0.4, -0.2) is 56.6 Å². The minimum absolute atomic E-state index is 0.165. The second-order valence-corrected chi connectivity index (χ2v) is 7.40. The predicted molar refractivity (Wildman–Crippen MR) is 92.3 cm³/mol. The number of carbonyl (C=O) groups excluding carboxylic acids is 1. The number of fused-ring (bicyclic) bond motifs is 1. The van der Waals surface area contributed by atoms with E-state index in [0.29, 0.717) is 25.4 Å². The van der Waals surface area contributed by atoms with Gasteiger partial charge in [-0.2, -0.15) is 0 Å². The molecule has 0 aromatic carbocycles. The lowest BCUT2D eigenvalue weighted by atomic mass is 9.90. The van der Waals surface area contributed by atoms with Crippen molar-refractivity contribution in [2.24, 2.45) is 0 Å². The Kier molecular flexibility index (Phi) is 5.07. The van der Waals surface area contributed by atoms with Gasteiger partial charge in [0, 0.05) is 6.54 Å². The molecule has 1 saturated heterocycles. The van der Waals surface area contributed by atoms with Crippen molar-refractivity contribution >= 4 is 17.7 Å². The summed E-state index contributed by atoms with van der Waals surface area (Å²) in [7, 11) is 0. The van der Waals surface area contributed by atoms with Crippen LogP contribution in [0.25, 0.3) is 0 Å². The van der Waals surface area contributed by atoms with E-state index in [1.807, 2.05) is 21.6 Å². The van der Waals surface area contributed by atoms with Crippen LogP contribution < -0.4 is 0 Å². The minimum atomic E-state index is 0.165. The van der Waals surface area contributed by atoms with Gasteiger partial charge in [0.05, 0.1) is 37.3 Å². The molecule has 1 aliphatic heterocycles. The summed E-state index contributed by atoms with van der Waals surface area (Å²) in [5, 5.41) is 8.83. The zero-order valence-corrected chi connectivity index (χ0v) is 14.9. The van der Waals surface area contributed by atoms with Crippen molar-refractivity contribution in [1.82, 2.24) is 19.7 Å². The highest BCUT2D eigenvalue weighted by atomic mass is 32.2. The number of thioether (sulfide) groups is 1. The number of morpholine rings is 1. The quantitative estimate of drug-likeness (QED) is 0.759. The highest BCUT2D eigenvalue weighted by Crippen LogP contribution is 2.29. The summed E-state index contributed by atoms with van der Waals surface area (Å²) >= 11 is 1.43. The summed E-state index contributed by atoms with van der Waals surface area (Å²) in [6, 6.07) is 4.02. The molecule has 134 valence electrons. The van der Waals surface area contributed by atoms with E-state index in [9.17, 15) is 4.79 Å². The number of hydrogen-bond donors (Lipinski definition) is 0. The van der Waals surface area contributed by atoms with Crippen LogP contribution in [-0.2, 0) is 16.1 Å². The van der Waals surface area contributed by atoms with Gasteiger partial charge in [-0.3, -0.25) is 4.79 Å². The molecule has 0 N–H and O–H groups in total. The fourth-order valence-corrected chi connectivity index (χ4v) is 4.45. The zero-order valence-electron chi connectivity index (χ0n) is 14.0. The fourth-order valence-electron chi connectivity index (χ4n) is 3.65. The van der Waals surface area contributed by atoms with E-state index in [1.54, 1.807) is 12.6 Å². The summed E-state index contributed by atoms with van der Waals surface area (Å²) in [6.45, 7) is 1.91. The summed E-state index contributed by atoms with van der Waals surface area (Å²) in [5.74, 6) is 1.38. The lowest BCUT2D eigenvalue weighted by molar-refractivity contribution is -0.146. The van der Waals surface area contributed by atoms with Gasteiger partial charge < -0.3 is 18.6 Å². The third kappa shape index (κ3) is 3.74. The van der Waals surface area contributed by atoms with Crippen molar-refractivity contribution in [3.63, 3.8) is 0 Å². The van der Waals surface area contributed by atoms with E-state index < -0.39 is 0 Å². The molecule has 2 aliphatic rings. The minimum Gasteiger partial charge on any atom is -0.467 e. The average molecular weight is 362 g/mol. The summed E-state index contributed by atoms with van der Waals surface area (Å²) in [6.07, 6.45) is 8.04. The lowest BCUT2D eigenvalue weighted by Crippen LogP contribution is -2.55. The molecule has 0 radical (unpaired) electrons. The molecule has 1 saturated carbocycles. The van der Waals surface area contributed by atoms with E-state index in [2.05, 4.69) is 10.2 Å². The molecule has 25 heavy (non-hydrogen) atoms. The second-order valence-electron chi connectivity index (χ2n) is 6.46. The molecule has 8 heteroatoms. The van der Waals surface area contributed by atoms with Gasteiger partial charge in [0.25, 0.3) is 0 Å². The number of amides is 1. The first-order valence-electron chi connectivity index (χ1n) is 8.75. The number of nitrogens with zero attached hydrogens (tertiary/aromatic N) is 4. The summed E-state index contributed by atoms with van der Waals surface area (Å²) < 4.78 is 13.1. The van der Waals surface area contributed by atoms with Gasteiger partial charge in [-0.05, 0) is 25.0 Å².